The maximum atomic E-state index is 13.4. The zero-order chi connectivity index (χ0) is 24.8. The number of aromatic nitrogens is 2. The van der Waals surface area contributed by atoms with Gasteiger partial charge in [-0.1, -0.05) is 31.9 Å². The Morgan fingerprint density at radius 1 is 1.15 bits per heavy atom. The van der Waals surface area contributed by atoms with E-state index in [-0.39, 0.29) is 5.91 Å². The van der Waals surface area contributed by atoms with E-state index in [1.54, 1.807) is 31.2 Å². The first-order valence-corrected chi connectivity index (χ1v) is 10.3. The van der Waals surface area contributed by atoms with E-state index < -0.39 is 17.8 Å². The number of fused-ring (bicyclic) bond motifs is 1. The first-order chi connectivity index (χ1) is 15.5. The number of alkyl halides is 3. The number of allylic oxidation sites excluding steroid dienone is 1. The number of benzene rings is 1. The number of hydrogen-bond acceptors (Lipinski definition) is 3. The molecule has 2 N–H and O–H groups in total. The van der Waals surface area contributed by atoms with Crippen LogP contribution in [0.3, 0.4) is 0 Å². The van der Waals surface area contributed by atoms with Crippen LogP contribution in [0.5, 0.6) is 0 Å². The van der Waals surface area contributed by atoms with Crippen LogP contribution in [0.2, 0.25) is 0 Å². The Kier molecular flexibility index (Phi) is 8.39. The van der Waals surface area contributed by atoms with Crippen molar-refractivity contribution in [1.82, 2.24) is 14.7 Å². The molecule has 0 bridgehead atoms. The molecule has 2 aromatic rings. The summed E-state index contributed by atoms with van der Waals surface area (Å²) in [5.41, 5.74) is 6.70. The van der Waals surface area contributed by atoms with Crippen LogP contribution in [-0.2, 0) is 35.2 Å². The molecule has 1 aliphatic rings. The van der Waals surface area contributed by atoms with Crippen LogP contribution in [0.15, 0.2) is 61.9 Å². The third kappa shape index (κ3) is 6.44. The minimum atomic E-state index is -4.46. The lowest BCUT2D eigenvalue weighted by Crippen LogP contribution is -2.26. The third-order valence-electron chi connectivity index (χ3n) is 5.07. The van der Waals surface area contributed by atoms with Gasteiger partial charge in [-0.3, -0.25) is 9.59 Å². The Bertz CT molecular complexity index is 1050. The molecule has 0 saturated carbocycles. The summed E-state index contributed by atoms with van der Waals surface area (Å²) < 4.78 is 41.5. The molecule has 0 spiro atoms. The summed E-state index contributed by atoms with van der Waals surface area (Å²) in [5, 5.41) is 3.89. The number of nitrogens with zero attached hydrogens (tertiary/aromatic N) is 3. The minimum absolute atomic E-state index is 0.257. The van der Waals surface area contributed by atoms with E-state index in [2.05, 4.69) is 30.6 Å². The molecule has 2 amide bonds. The number of carbonyl (C=O) groups excluding carboxylic acids is 2. The van der Waals surface area contributed by atoms with Crippen molar-refractivity contribution in [3.05, 3.63) is 84.4 Å². The molecule has 0 atom stereocenters. The molecule has 176 valence electrons. The van der Waals surface area contributed by atoms with Gasteiger partial charge in [0.05, 0.1) is 12.2 Å². The lowest BCUT2D eigenvalue weighted by atomic mass is 9.95. The highest BCUT2D eigenvalue weighted by atomic mass is 19.4. The van der Waals surface area contributed by atoms with Crippen molar-refractivity contribution in [2.45, 2.75) is 45.3 Å². The summed E-state index contributed by atoms with van der Waals surface area (Å²) in [6, 6.07) is 7.02. The second kappa shape index (κ2) is 10.8. The average Bonchev–Trinajstić information content (AvgIpc) is 3.18. The van der Waals surface area contributed by atoms with Gasteiger partial charge in [-0.15, -0.1) is 0 Å². The number of amides is 2. The standard InChI is InChI=1S/C21H22F3N3O.C3H5NO/c1-4-19(28)26(14(2)3)13-15-9-11-16(12-10-15)27-18-8-6-5-7-17(18)20(25-27)21(22,23)24;1-2-3(4)5/h4,9-12H,1-2,5-8,13H2,3H3;2H,1H2,(H2,4,5). The van der Waals surface area contributed by atoms with Gasteiger partial charge < -0.3 is 10.6 Å². The predicted octanol–water partition coefficient (Wildman–Crippen LogP) is 4.48. The van der Waals surface area contributed by atoms with Crippen LogP contribution in [0.4, 0.5) is 13.2 Å². The number of halogens is 3. The van der Waals surface area contributed by atoms with Crippen LogP contribution >= 0.6 is 0 Å². The van der Waals surface area contributed by atoms with Gasteiger partial charge in [0.1, 0.15) is 0 Å². The summed E-state index contributed by atoms with van der Waals surface area (Å²) >= 11 is 0. The van der Waals surface area contributed by atoms with Gasteiger partial charge >= 0.3 is 6.18 Å². The van der Waals surface area contributed by atoms with Crippen molar-refractivity contribution < 1.29 is 22.8 Å². The number of hydrogen-bond donors (Lipinski definition) is 1. The molecule has 0 unspecified atom stereocenters. The van der Waals surface area contributed by atoms with Gasteiger partial charge in [0.25, 0.3) is 0 Å². The molecule has 0 aliphatic heterocycles. The number of carbonyl (C=O) groups is 2. The van der Waals surface area contributed by atoms with E-state index in [1.807, 2.05) is 0 Å². The summed E-state index contributed by atoms with van der Waals surface area (Å²) in [4.78, 5) is 22.9. The first-order valence-electron chi connectivity index (χ1n) is 10.3. The number of rotatable bonds is 6. The van der Waals surface area contributed by atoms with Crippen LogP contribution in [0.25, 0.3) is 5.69 Å². The Morgan fingerprint density at radius 2 is 1.73 bits per heavy atom. The zero-order valence-corrected chi connectivity index (χ0v) is 18.5. The predicted molar refractivity (Wildman–Crippen MR) is 120 cm³/mol. The van der Waals surface area contributed by atoms with Crippen molar-refractivity contribution in [3.63, 3.8) is 0 Å². The molecule has 1 heterocycles. The van der Waals surface area contributed by atoms with Gasteiger partial charge in [0, 0.05) is 17.0 Å². The van der Waals surface area contributed by atoms with Crippen molar-refractivity contribution in [2.75, 3.05) is 0 Å². The highest BCUT2D eigenvalue weighted by Crippen LogP contribution is 2.36. The molecule has 33 heavy (non-hydrogen) atoms. The molecular formula is C24H27F3N4O2. The lowest BCUT2D eigenvalue weighted by molar-refractivity contribution is -0.142. The molecule has 0 saturated heterocycles. The van der Waals surface area contributed by atoms with Crippen LogP contribution in [-0.4, -0.2) is 26.5 Å². The van der Waals surface area contributed by atoms with Gasteiger partial charge in [0.15, 0.2) is 5.69 Å². The summed E-state index contributed by atoms with van der Waals surface area (Å²) in [6.07, 6.45) is 0.397. The fourth-order valence-electron chi connectivity index (χ4n) is 3.48. The van der Waals surface area contributed by atoms with Crippen LogP contribution in [0, 0.1) is 0 Å². The molecule has 0 fully saturated rings. The van der Waals surface area contributed by atoms with E-state index in [0.29, 0.717) is 42.0 Å². The molecule has 1 aromatic carbocycles. The summed E-state index contributed by atoms with van der Waals surface area (Å²) in [7, 11) is 0. The normalized spacial score (nSPS) is 12.6. The largest absolute Gasteiger partial charge is 0.435 e. The van der Waals surface area contributed by atoms with Gasteiger partial charge in [-0.25, -0.2) is 4.68 Å². The van der Waals surface area contributed by atoms with Gasteiger partial charge in [0.2, 0.25) is 11.8 Å². The highest BCUT2D eigenvalue weighted by Gasteiger charge is 2.39. The fraction of sp³-hybridized carbons (Fsp3) is 0.292. The van der Waals surface area contributed by atoms with E-state index in [0.717, 1.165) is 24.5 Å². The Labute approximate surface area is 190 Å². The van der Waals surface area contributed by atoms with Gasteiger partial charge in [-0.2, -0.15) is 18.3 Å². The maximum absolute atomic E-state index is 13.4. The van der Waals surface area contributed by atoms with Crippen LogP contribution in [0.1, 0.15) is 42.3 Å². The van der Waals surface area contributed by atoms with Gasteiger partial charge in [-0.05, 0) is 62.5 Å². The SMILES string of the molecule is C=CC(=O)N(Cc1ccc(-n2nc(C(F)(F)F)c3c2CCCC3)cc1)C(=C)C.C=CC(N)=O. The molecule has 1 aromatic heterocycles. The molecular weight excluding hydrogens is 433 g/mol. The smallest absolute Gasteiger partial charge is 0.366 e. The molecule has 0 radical (unpaired) electrons. The van der Waals surface area contributed by atoms with Crippen molar-refractivity contribution in [3.8, 4) is 5.69 Å². The Morgan fingerprint density at radius 3 is 2.21 bits per heavy atom. The molecule has 3 rings (SSSR count). The second-order valence-corrected chi connectivity index (χ2v) is 7.53. The van der Waals surface area contributed by atoms with Crippen molar-refractivity contribution >= 4 is 11.8 Å². The maximum Gasteiger partial charge on any atom is 0.435 e. The topological polar surface area (TPSA) is 81.2 Å². The van der Waals surface area contributed by atoms with E-state index in [4.69, 9.17) is 0 Å². The number of nitrogens with two attached hydrogens (primary N) is 1. The average molecular weight is 461 g/mol. The van der Waals surface area contributed by atoms with Crippen molar-refractivity contribution in [1.29, 1.82) is 0 Å². The summed E-state index contributed by atoms with van der Waals surface area (Å²) in [5.74, 6) is -0.738. The van der Waals surface area contributed by atoms with Crippen molar-refractivity contribution in [2.24, 2.45) is 5.73 Å². The molecule has 1 aliphatic carbocycles. The monoisotopic (exact) mass is 460 g/mol. The molecule has 9 heteroatoms. The first kappa shape index (κ1) is 25.6. The Hall–Kier alpha value is -3.62. The van der Waals surface area contributed by atoms with E-state index in [9.17, 15) is 22.8 Å². The second-order valence-electron chi connectivity index (χ2n) is 7.53. The summed E-state index contributed by atoms with van der Waals surface area (Å²) in [6.45, 7) is 12.4. The number of primary amides is 1. The van der Waals surface area contributed by atoms with E-state index >= 15 is 0 Å². The van der Waals surface area contributed by atoms with E-state index in [1.165, 1.54) is 15.7 Å². The quantitative estimate of drug-likeness (QED) is 0.646. The fourth-order valence-corrected chi connectivity index (χ4v) is 3.48. The lowest BCUT2D eigenvalue weighted by Gasteiger charge is -2.21. The zero-order valence-electron chi connectivity index (χ0n) is 18.5. The van der Waals surface area contributed by atoms with Crippen LogP contribution < -0.4 is 5.73 Å². The third-order valence-corrected chi connectivity index (χ3v) is 5.07. The minimum Gasteiger partial charge on any atom is -0.366 e. The molecule has 6 nitrogen and oxygen atoms in total. The Balaban J connectivity index is 0.000000696. The highest BCUT2D eigenvalue weighted by molar-refractivity contribution is 5.88.